The second-order valence-corrected chi connectivity index (χ2v) is 9.87. The van der Waals surface area contributed by atoms with E-state index in [9.17, 15) is 13.2 Å². The highest BCUT2D eigenvalue weighted by Crippen LogP contribution is 2.38. The van der Waals surface area contributed by atoms with Crippen molar-refractivity contribution < 1.29 is 22.7 Å². The van der Waals surface area contributed by atoms with E-state index in [0.29, 0.717) is 34.3 Å². The third-order valence-electron chi connectivity index (χ3n) is 4.78. The number of nitrogens with one attached hydrogen (secondary N) is 1. The molecule has 0 aliphatic rings. The fraction of sp³-hybridized carbons (Fsp3) is 0.333. The van der Waals surface area contributed by atoms with Gasteiger partial charge in [-0.3, -0.25) is 10.1 Å². The Bertz CT molecular complexity index is 1130. The Kier molecular flexibility index (Phi) is 7.14. The van der Waals surface area contributed by atoms with Crippen molar-refractivity contribution in [2.45, 2.75) is 24.7 Å². The summed E-state index contributed by atoms with van der Waals surface area (Å²) in [7, 11) is 1.09. The summed E-state index contributed by atoms with van der Waals surface area (Å²) in [6.45, 7) is 2.46. The molecule has 0 radical (unpaired) electrons. The molecule has 10 heteroatoms. The largest absolute Gasteiger partial charge is 0.495 e. The monoisotopic (exact) mass is 463 g/mol. The molecule has 0 unspecified atom stereocenters. The summed E-state index contributed by atoms with van der Waals surface area (Å²) in [5.41, 5.74) is 0.923. The molecular weight excluding hydrogens is 438 g/mol. The number of thiazole rings is 1. The summed E-state index contributed by atoms with van der Waals surface area (Å²) in [6.07, 6.45) is 1.69. The first-order valence-electron chi connectivity index (χ1n) is 9.71. The van der Waals surface area contributed by atoms with Gasteiger partial charge < -0.3 is 9.47 Å². The summed E-state index contributed by atoms with van der Waals surface area (Å²) in [5.74, 6) is 0.824. The number of benzene rings is 2. The molecule has 2 aromatic carbocycles. The maximum Gasteiger partial charge on any atom is 0.257 e. The van der Waals surface area contributed by atoms with E-state index in [4.69, 9.17) is 9.47 Å². The lowest BCUT2D eigenvalue weighted by molar-refractivity contribution is 0.102. The Morgan fingerprint density at radius 1 is 1.10 bits per heavy atom. The van der Waals surface area contributed by atoms with Gasteiger partial charge in [-0.15, -0.1) is 0 Å². The third-order valence-corrected chi connectivity index (χ3v) is 7.64. The number of carbonyl (C=O) groups excluding carboxylic acids is 1. The number of sulfonamides is 1. The van der Waals surface area contributed by atoms with E-state index in [1.165, 1.54) is 39.9 Å². The Hall–Kier alpha value is -2.69. The van der Waals surface area contributed by atoms with Crippen LogP contribution in [0.15, 0.2) is 41.3 Å². The molecule has 0 saturated carbocycles. The number of aromatic nitrogens is 1. The van der Waals surface area contributed by atoms with Crippen LogP contribution in [0.3, 0.4) is 0 Å². The van der Waals surface area contributed by atoms with Gasteiger partial charge in [0, 0.05) is 19.2 Å². The van der Waals surface area contributed by atoms with Crippen molar-refractivity contribution in [1.82, 2.24) is 9.29 Å². The summed E-state index contributed by atoms with van der Waals surface area (Å²) in [6, 6.07) is 9.40. The topological polar surface area (TPSA) is 97.8 Å². The normalized spacial score (nSPS) is 11.6. The van der Waals surface area contributed by atoms with Crippen LogP contribution in [0, 0.1) is 0 Å². The molecule has 3 rings (SSSR count). The van der Waals surface area contributed by atoms with Crippen molar-refractivity contribution in [3.63, 3.8) is 0 Å². The number of fused-ring (bicyclic) bond motifs is 1. The molecule has 0 aliphatic heterocycles. The predicted octanol–water partition coefficient (Wildman–Crippen LogP) is 3.99. The van der Waals surface area contributed by atoms with E-state index >= 15 is 0 Å². The lowest BCUT2D eigenvalue weighted by Gasteiger charge is -2.16. The summed E-state index contributed by atoms with van der Waals surface area (Å²) in [4.78, 5) is 17.3. The van der Waals surface area contributed by atoms with Gasteiger partial charge in [0.15, 0.2) is 5.13 Å². The number of unbranched alkanes of at least 4 members (excludes halogenated alkanes) is 1. The molecule has 0 atom stereocenters. The van der Waals surface area contributed by atoms with Gasteiger partial charge in [0.25, 0.3) is 5.91 Å². The Labute approximate surface area is 185 Å². The highest BCUT2D eigenvalue weighted by atomic mass is 32.2. The maximum atomic E-state index is 12.7. The number of rotatable bonds is 9. The molecule has 0 fully saturated rings. The Balaban J connectivity index is 1.80. The fourth-order valence-corrected chi connectivity index (χ4v) is 5.15. The number of nitrogens with zero attached hydrogens (tertiary/aromatic N) is 2. The van der Waals surface area contributed by atoms with Crippen molar-refractivity contribution in [2.75, 3.05) is 33.1 Å². The lowest BCUT2D eigenvalue weighted by Crippen LogP contribution is -2.28. The van der Waals surface area contributed by atoms with Crippen LogP contribution in [0.2, 0.25) is 0 Å². The average Bonchev–Trinajstić information content (AvgIpc) is 3.20. The van der Waals surface area contributed by atoms with E-state index in [1.54, 1.807) is 33.4 Å². The Morgan fingerprint density at radius 2 is 1.74 bits per heavy atom. The molecule has 166 valence electrons. The van der Waals surface area contributed by atoms with Crippen LogP contribution in [-0.4, -0.2) is 51.4 Å². The van der Waals surface area contributed by atoms with Crippen LogP contribution < -0.4 is 14.8 Å². The molecule has 1 aromatic heterocycles. The fourth-order valence-electron chi connectivity index (χ4n) is 2.97. The standard InChI is InChI=1S/C21H25N3O5S2/c1-5-6-13-24(2)31(26,27)15-9-7-14(8-10-15)20(25)23-21-22-18-16(28-3)11-12-17(29-4)19(18)30-21/h7-12H,5-6,13H2,1-4H3,(H,22,23,25). The van der Waals surface area contributed by atoms with Gasteiger partial charge in [-0.2, -0.15) is 0 Å². The molecule has 1 amide bonds. The maximum absolute atomic E-state index is 12.7. The zero-order valence-corrected chi connectivity index (χ0v) is 19.5. The zero-order chi connectivity index (χ0) is 22.6. The minimum atomic E-state index is -3.58. The smallest absolute Gasteiger partial charge is 0.257 e. The van der Waals surface area contributed by atoms with Crippen molar-refractivity contribution >= 4 is 42.6 Å². The number of hydrogen-bond donors (Lipinski definition) is 1. The highest BCUT2D eigenvalue weighted by Gasteiger charge is 2.21. The molecular formula is C21H25N3O5S2. The second-order valence-electron chi connectivity index (χ2n) is 6.83. The van der Waals surface area contributed by atoms with Crippen molar-refractivity contribution in [1.29, 1.82) is 0 Å². The molecule has 3 aromatic rings. The molecule has 0 spiro atoms. The van der Waals surface area contributed by atoms with Gasteiger partial charge in [0.05, 0.1) is 19.1 Å². The molecule has 8 nitrogen and oxygen atoms in total. The first kappa shape index (κ1) is 23.0. The number of carbonyl (C=O) groups is 1. The average molecular weight is 464 g/mol. The van der Waals surface area contributed by atoms with E-state index in [1.807, 2.05) is 6.92 Å². The van der Waals surface area contributed by atoms with Gasteiger partial charge in [0.1, 0.15) is 21.7 Å². The molecule has 0 aliphatic carbocycles. The van der Waals surface area contributed by atoms with Crippen molar-refractivity contribution in [3.05, 3.63) is 42.0 Å². The zero-order valence-electron chi connectivity index (χ0n) is 17.8. The first-order valence-corrected chi connectivity index (χ1v) is 12.0. The number of ether oxygens (including phenoxy) is 2. The van der Waals surface area contributed by atoms with Crippen LogP contribution in [0.4, 0.5) is 5.13 Å². The van der Waals surface area contributed by atoms with E-state index in [-0.39, 0.29) is 10.8 Å². The van der Waals surface area contributed by atoms with Gasteiger partial charge in [0.2, 0.25) is 10.0 Å². The minimum absolute atomic E-state index is 0.150. The highest BCUT2D eigenvalue weighted by molar-refractivity contribution is 7.89. The number of amides is 1. The van der Waals surface area contributed by atoms with E-state index < -0.39 is 10.0 Å². The molecule has 0 saturated heterocycles. The SMILES string of the molecule is CCCCN(C)S(=O)(=O)c1ccc(C(=O)Nc2nc3c(OC)ccc(OC)c3s2)cc1. The van der Waals surface area contributed by atoms with Gasteiger partial charge in [-0.05, 0) is 42.8 Å². The van der Waals surface area contributed by atoms with E-state index in [0.717, 1.165) is 17.5 Å². The third kappa shape index (κ3) is 4.81. The van der Waals surface area contributed by atoms with Crippen LogP contribution in [-0.2, 0) is 10.0 Å². The summed E-state index contributed by atoms with van der Waals surface area (Å²) < 4.78 is 38.0. The van der Waals surface area contributed by atoms with E-state index in [2.05, 4.69) is 10.3 Å². The van der Waals surface area contributed by atoms with Gasteiger partial charge in [-0.1, -0.05) is 24.7 Å². The quantitative estimate of drug-likeness (QED) is 0.515. The van der Waals surface area contributed by atoms with Crippen LogP contribution >= 0.6 is 11.3 Å². The second kappa shape index (κ2) is 9.63. The van der Waals surface area contributed by atoms with Crippen LogP contribution in [0.25, 0.3) is 10.2 Å². The molecule has 31 heavy (non-hydrogen) atoms. The minimum Gasteiger partial charge on any atom is -0.495 e. The summed E-state index contributed by atoms with van der Waals surface area (Å²) in [5, 5.41) is 3.14. The number of methoxy groups -OCH3 is 2. The number of hydrogen-bond acceptors (Lipinski definition) is 7. The predicted molar refractivity (Wildman–Crippen MR) is 122 cm³/mol. The molecule has 1 heterocycles. The first-order chi connectivity index (χ1) is 14.8. The number of anilines is 1. The van der Waals surface area contributed by atoms with Crippen molar-refractivity contribution in [2.24, 2.45) is 0 Å². The molecule has 0 bridgehead atoms. The summed E-state index contributed by atoms with van der Waals surface area (Å²) >= 11 is 1.27. The lowest BCUT2D eigenvalue weighted by atomic mass is 10.2. The van der Waals surface area contributed by atoms with Gasteiger partial charge in [-0.25, -0.2) is 17.7 Å². The van der Waals surface area contributed by atoms with Crippen LogP contribution in [0.5, 0.6) is 11.5 Å². The molecule has 1 N–H and O–H groups in total. The van der Waals surface area contributed by atoms with Gasteiger partial charge >= 0.3 is 0 Å². The van der Waals surface area contributed by atoms with Crippen LogP contribution in [0.1, 0.15) is 30.1 Å². The Morgan fingerprint density at radius 3 is 2.35 bits per heavy atom. The van der Waals surface area contributed by atoms with Crippen molar-refractivity contribution in [3.8, 4) is 11.5 Å².